The van der Waals surface area contributed by atoms with Gasteiger partial charge in [-0.2, -0.15) is 0 Å². The van der Waals surface area contributed by atoms with E-state index in [4.69, 9.17) is 14.2 Å². The Balaban J connectivity index is 2.19. The Morgan fingerprint density at radius 3 is 1.79 bits per heavy atom. The SMILES string of the molecule is COc1cc2cc(-c3ccccc3)c(O)c(-c3ccccc3)c2c(OC)c1OC. The monoisotopic (exact) mass is 386 g/mol. The van der Waals surface area contributed by atoms with E-state index in [1.54, 1.807) is 21.3 Å². The van der Waals surface area contributed by atoms with Crippen LogP contribution in [0.1, 0.15) is 0 Å². The van der Waals surface area contributed by atoms with Gasteiger partial charge in [-0.3, -0.25) is 0 Å². The predicted octanol–water partition coefficient (Wildman–Crippen LogP) is 5.91. The first-order valence-electron chi connectivity index (χ1n) is 9.29. The summed E-state index contributed by atoms with van der Waals surface area (Å²) in [6, 6.07) is 23.5. The van der Waals surface area contributed by atoms with E-state index in [0.29, 0.717) is 22.8 Å². The van der Waals surface area contributed by atoms with Crippen LogP contribution in [0.3, 0.4) is 0 Å². The second-order valence-electron chi connectivity index (χ2n) is 6.62. The lowest BCUT2D eigenvalue weighted by Gasteiger charge is -2.20. The molecule has 0 atom stereocenters. The van der Waals surface area contributed by atoms with Crippen molar-refractivity contribution in [1.82, 2.24) is 0 Å². The average Bonchev–Trinajstić information content (AvgIpc) is 2.78. The topological polar surface area (TPSA) is 47.9 Å². The molecule has 0 aliphatic heterocycles. The molecule has 0 heterocycles. The molecule has 146 valence electrons. The van der Waals surface area contributed by atoms with Crippen LogP contribution in [-0.2, 0) is 0 Å². The molecule has 0 aliphatic carbocycles. The van der Waals surface area contributed by atoms with Gasteiger partial charge in [0.15, 0.2) is 11.5 Å². The van der Waals surface area contributed by atoms with E-state index in [9.17, 15) is 5.11 Å². The van der Waals surface area contributed by atoms with Gasteiger partial charge in [0, 0.05) is 16.5 Å². The smallest absolute Gasteiger partial charge is 0.203 e. The molecule has 29 heavy (non-hydrogen) atoms. The zero-order valence-electron chi connectivity index (χ0n) is 16.6. The van der Waals surface area contributed by atoms with Gasteiger partial charge in [-0.05, 0) is 28.6 Å². The summed E-state index contributed by atoms with van der Waals surface area (Å²) in [5.74, 6) is 1.78. The van der Waals surface area contributed by atoms with Crippen LogP contribution >= 0.6 is 0 Å². The van der Waals surface area contributed by atoms with E-state index < -0.39 is 0 Å². The first-order valence-corrected chi connectivity index (χ1v) is 9.29. The molecule has 1 N–H and O–H groups in total. The number of rotatable bonds is 5. The summed E-state index contributed by atoms with van der Waals surface area (Å²) in [5, 5.41) is 13.0. The molecular formula is C25H22O4. The van der Waals surface area contributed by atoms with Gasteiger partial charge in [-0.1, -0.05) is 60.7 Å². The van der Waals surface area contributed by atoms with Crippen molar-refractivity contribution >= 4 is 10.8 Å². The summed E-state index contributed by atoms with van der Waals surface area (Å²) in [4.78, 5) is 0. The van der Waals surface area contributed by atoms with Gasteiger partial charge in [-0.25, -0.2) is 0 Å². The van der Waals surface area contributed by atoms with Crippen LogP contribution in [0.25, 0.3) is 33.0 Å². The number of phenolic OH excluding ortho intramolecular Hbond substituents is 1. The Morgan fingerprint density at radius 2 is 1.24 bits per heavy atom. The summed E-state index contributed by atoms with van der Waals surface area (Å²) in [7, 11) is 4.76. The molecule has 4 aromatic rings. The van der Waals surface area contributed by atoms with E-state index in [-0.39, 0.29) is 5.75 Å². The maximum absolute atomic E-state index is 11.4. The third kappa shape index (κ3) is 3.13. The molecule has 0 radical (unpaired) electrons. The number of phenols is 1. The standard InChI is InChI=1S/C25H22O4/c1-27-20-15-18-14-19(16-10-6-4-7-11-16)23(26)21(17-12-8-5-9-13-17)22(18)25(29-3)24(20)28-2/h4-15,26H,1-3H3. The third-order valence-corrected chi connectivity index (χ3v) is 5.05. The molecule has 0 fully saturated rings. The molecule has 4 rings (SSSR count). The Bertz CT molecular complexity index is 1150. The lowest BCUT2D eigenvalue weighted by atomic mass is 9.90. The third-order valence-electron chi connectivity index (χ3n) is 5.05. The van der Waals surface area contributed by atoms with Crippen molar-refractivity contribution in [2.75, 3.05) is 21.3 Å². The normalized spacial score (nSPS) is 10.7. The number of benzene rings is 4. The van der Waals surface area contributed by atoms with Gasteiger partial charge in [-0.15, -0.1) is 0 Å². The second-order valence-corrected chi connectivity index (χ2v) is 6.62. The maximum atomic E-state index is 11.4. The summed E-state index contributed by atoms with van der Waals surface area (Å²) in [6.07, 6.45) is 0. The van der Waals surface area contributed by atoms with Gasteiger partial charge >= 0.3 is 0 Å². The molecule has 0 spiro atoms. The van der Waals surface area contributed by atoms with Crippen LogP contribution in [0.2, 0.25) is 0 Å². The predicted molar refractivity (Wildman–Crippen MR) is 116 cm³/mol. The van der Waals surface area contributed by atoms with Crippen LogP contribution in [0.5, 0.6) is 23.0 Å². The Kier molecular flexibility index (Phi) is 5.00. The number of hydrogen-bond acceptors (Lipinski definition) is 4. The van der Waals surface area contributed by atoms with E-state index in [2.05, 4.69) is 0 Å². The zero-order chi connectivity index (χ0) is 20.4. The van der Waals surface area contributed by atoms with Crippen LogP contribution in [0.4, 0.5) is 0 Å². The summed E-state index contributed by atoms with van der Waals surface area (Å²) >= 11 is 0. The number of ether oxygens (including phenoxy) is 3. The van der Waals surface area contributed by atoms with E-state index in [1.807, 2.05) is 72.8 Å². The molecule has 0 amide bonds. The molecule has 0 unspecified atom stereocenters. The minimum atomic E-state index is 0.195. The number of methoxy groups -OCH3 is 3. The van der Waals surface area contributed by atoms with Gasteiger partial charge < -0.3 is 19.3 Å². The van der Waals surface area contributed by atoms with Crippen molar-refractivity contribution in [1.29, 1.82) is 0 Å². The van der Waals surface area contributed by atoms with Crippen LogP contribution in [0.15, 0.2) is 72.8 Å². The Morgan fingerprint density at radius 1 is 0.655 bits per heavy atom. The molecule has 4 nitrogen and oxygen atoms in total. The van der Waals surface area contributed by atoms with E-state index in [1.165, 1.54) is 0 Å². The molecule has 0 saturated heterocycles. The quantitative estimate of drug-likeness (QED) is 0.463. The maximum Gasteiger partial charge on any atom is 0.203 e. The Labute approximate surface area is 169 Å². The number of aromatic hydroxyl groups is 1. The summed E-state index contributed by atoms with van der Waals surface area (Å²) < 4.78 is 16.9. The minimum Gasteiger partial charge on any atom is -0.507 e. The van der Waals surface area contributed by atoms with Gasteiger partial charge in [0.25, 0.3) is 0 Å². The molecule has 0 saturated carbocycles. The first-order chi connectivity index (χ1) is 14.2. The van der Waals surface area contributed by atoms with Crippen LogP contribution < -0.4 is 14.2 Å². The highest BCUT2D eigenvalue weighted by atomic mass is 16.5. The lowest BCUT2D eigenvalue weighted by Crippen LogP contribution is -1.98. The fraction of sp³-hybridized carbons (Fsp3) is 0.120. The lowest BCUT2D eigenvalue weighted by molar-refractivity contribution is 0.327. The van der Waals surface area contributed by atoms with Crippen molar-refractivity contribution in [2.45, 2.75) is 0 Å². The average molecular weight is 386 g/mol. The van der Waals surface area contributed by atoms with Gasteiger partial charge in [0.05, 0.1) is 21.3 Å². The van der Waals surface area contributed by atoms with Crippen molar-refractivity contribution < 1.29 is 19.3 Å². The molecule has 0 aliphatic rings. The van der Waals surface area contributed by atoms with Crippen molar-refractivity contribution in [3.05, 3.63) is 72.8 Å². The van der Waals surface area contributed by atoms with E-state index in [0.717, 1.165) is 27.5 Å². The fourth-order valence-corrected chi connectivity index (χ4v) is 3.75. The number of hydrogen-bond donors (Lipinski definition) is 1. The number of fused-ring (bicyclic) bond motifs is 1. The van der Waals surface area contributed by atoms with Crippen molar-refractivity contribution in [3.8, 4) is 45.3 Å². The van der Waals surface area contributed by atoms with Crippen molar-refractivity contribution in [3.63, 3.8) is 0 Å². The molecule has 4 heteroatoms. The van der Waals surface area contributed by atoms with Gasteiger partial charge in [0.1, 0.15) is 5.75 Å². The molecular weight excluding hydrogens is 364 g/mol. The molecule has 4 aromatic carbocycles. The highest BCUT2D eigenvalue weighted by Crippen LogP contribution is 2.51. The highest BCUT2D eigenvalue weighted by molar-refractivity contribution is 6.09. The minimum absolute atomic E-state index is 0.195. The van der Waals surface area contributed by atoms with Crippen LogP contribution in [-0.4, -0.2) is 26.4 Å². The fourth-order valence-electron chi connectivity index (χ4n) is 3.75. The van der Waals surface area contributed by atoms with Crippen LogP contribution in [0, 0.1) is 0 Å². The molecule has 0 bridgehead atoms. The highest BCUT2D eigenvalue weighted by Gasteiger charge is 2.23. The largest absolute Gasteiger partial charge is 0.507 e. The van der Waals surface area contributed by atoms with Crippen molar-refractivity contribution in [2.24, 2.45) is 0 Å². The summed E-state index contributed by atoms with van der Waals surface area (Å²) in [5.41, 5.74) is 3.25. The summed E-state index contributed by atoms with van der Waals surface area (Å²) in [6.45, 7) is 0. The van der Waals surface area contributed by atoms with Gasteiger partial charge in [0.2, 0.25) is 5.75 Å². The molecule has 0 aromatic heterocycles. The van der Waals surface area contributed by atoms with E-state index >= 15 is 0 Å². The zero-order valence-corrected chi connectivity index (χ0v) is 16.6. The first kappa shape index (κ1) is 18.7. The second kappa shape index (κ2) is 7.76. The Hall–Kier alpha value is -3.66.